The molecule has 2 fully saturated rings. The van der Waals surface area contributed by atoms with Gasteiger partial charge in [0.05, 0.1) is 26.4 Å². The Labute approximate surface area is 113 Å². The van der Waals surface area contributed by atoms with E-state index in [2.05, 4.69) is 26.8 Å². The Kier molecular flexibility index (Phi) is 3.63. The van der Waals surface area contributed by atoms with Crippen LogP contribution < -0.4 is 4.90 Å². The lowest BCUT2D eigenvalue weighted by atomic mass is 10.0. The van der Waals surface area contributed by atoms with E-state index in [9.17, 15) is 0 Å². The first-order chi connectivity index (χ1) is 9.27. The summed E-state index contributed by atoms with van der Waals surface area (Å²) in [6.45, 7) is 5.53. The van der Waals surface area contributed by atoms with E-state index in [0.717, 1.165) is 38.7 Å². The number of hydrogen-bond donors (Lipinski definition) is 0. The molecule has 1 aromatic heterocycles. The van der Waals surface area contributed by atoms with Crippen molar-refractivity contribution < 1.29 is 9.47 Å². The van der Waals surface area contributed by atoms with Gasteiger partial charge < -0.3 is 19.3 Å². The number of aromatic nitrogens is 2. The molecule has 6 heteroatoms. The maximum atomic E-state index is 6.04. The minimum atomic E-state index is -0.261. The summed E-state index contributed by atoms with van der Waals surface area (Å²) >= 11 is 0. The van der Waals surface area contributed by atoms with Crippen molar-refractivity contribution in [3.8, 4) is 0 Å². The number of anilines is 1. The molecule has 2 saturated heterocycles. The maximum Gasteiger partial charge on any atom is 0.225 e. The molecule has 0 unspecified atom stereocenters. The fourth-order valence-electron chi connectivity index (χ4n) is 2.75. The topological polar surface area (TPSA) is 50.7 Å². The highest BCUT2D eigenvalue weighted by Gasteiger charge is 2.39. The van der Waals surface area contributed by atoms with E-state index in [1.165, 1.54) is 0 Å². The van der Waals surface area contributed by atoms with E-state index in [1.54, 1.807) is 12.4 Å². The van der Waals surface area contributed by atoms with Gasteiger partial charge in [0.2, 0.25) is 5.95 Å². The first-order valence-corrected chi connectivity index (χ1v) is 6.70. The fourth-order valence-corrected chi connectivity index (χ4v) is 2.75. The second-order valence-corrected chi connectivity index (χ2v) is 5.29. The molecule has 19 heavy (non-hydrogen) atoms. The van der Waals surface area contributed by atoms with Gasteiger partial charge in [-0.2, -0.15) is 0 Å². The lowest BCUT2D eigenvalue weighted by Gasteiger charge is -2.42. The Hall–Kier alpha value is -1.24. The highest BCUT2D eigenvalue weighted by atomic mass is 16.5. The number of hydrogen-bond acceptors (Lipinski definition) is 6. The highest BCUT2D eigenvalue weighted by molar-refractivity contribution is 5.30. The summed E-state index contributed by atoms with van der Waals surface area (Å²) in [5, 5.41) is 0. The van der Waals surface area contributed by atoms with Crippen LogP contribution >= 0.6 is 0 Å². The molecule has 104 valence electrons. The van der Waals surface area contributed by atoms with Crippen molar-refractivity contribution in [2.45, 2.75) is 5.60 Å². The molecule has 6 nitrogen and oxygen atoms in total. The first kappa shape index (κ1) is 12.8. The zero-order valence-corrected chi connectivity index (χ0v) is 11.3. The van der Waals surface area contributed by atoms with Gasteiger partial charge in [0.1, 0.15) is 5.60 Å². The predicted octanol–water partition coefficient (Wildman–Crippen LogP) is 0.0140. The molecule has 3 heterocycles. The second kappa shape index (κ2) is 5.40. The molecule has 0 saturated carbocycles. The lowest BCUT2D eigenvalue weighted by molar-refractivity contribution is -0.127. The van der Waals surface area contributed by atoms with Crippen LogP contribution in [0.4, 0.5) is 5.95 Å². The third-order valence-corrected chi connectivity index (χ3v) is 3.62. The van der Waals surface area contributed by atoms with E-state index >= 15 is 0 Å². The smallest absolute Gasteiger partial charge is 0.225 e. The van der Waals surface area contributed by atoms with Crippen LogP contribution in [0.5, 0.6) is 0 Å². The molecule has 2 aliphatic heterocycles. The van der Waals surface area contributed by atoms with E-state index in [1.807, 2.05) is 6.07 Å². The van der Waals surface area contributed by atoms with E-state index in [0.29, 0.717) is 13.2 Å². The second-order valence-electron chi connectivity index (χ2n) is 5.29. The molecule has 0 aliphatic carbocycles. The maximum absolute atomic E-state index is 6.04. The Morgan fingerprint density at radius 3 is 2.79 bits per heavy atom. The van der Waals surface area contributed by atoms with Crippen LogP contribution in [0.3, 0.4) is 0 Å². The van der Waals surface area contributed by atoms with Gasteiger partial charge in [0.25, 0.3) is 0 Å². The Morgan fingerprint density at radius 2 is 2.00 bits per heavy atom. The van der Waals surface area contributed by atoms with E-state index < -0.39 is 0 Å². The molecule has 1 aromatic rings. The molecule has 2 aliphatic rings. The molecule has 0 bridgehead atoms. The van der Waals surface area contributed by atoms with Crippen molar-refractivity contribution in [2.75, 3.05) is 57.9 Å². The molecule has 1 spiro atoms. The van der Waals surface area contributed by atoms with Gasteiger partial charge in [0, 0.05) is 32.0 Å². The third-order valence-electron chi connectivity index (χ3n) is 3.62. The Balaban J connectivity index is 1.79. The molecule has 1 atom stereocenters. The number of rotatable bonds is 1. The van der Waals surface area contributed by atoms with Crippen LogP contribution in [0.15, 0.2) is 18.5 Å². The van der Waals surface area contributed by atoms with Crippen LogP contribution in [0.2, 0.25) is 0 Å². The van der Waals surface area contributed by atoms with Crippen LogP contribution in [-0.2, 0) is 9.47 Å². The monoisotopic (exact) mass is 264 g/mol. The van der Waals surface area contributed by atoms with Crippen LogP contribution in [-0.4, -0.2) is 73.5 Å². The number of ether oxygens (including phenoxy) is 2. The summed E-state index contributed by atoms with van der Waals surface area (Å²) in [6.07, 6.45) is 3.54. The van der Waals surface area contributed by atoms with Crippen LogP contribution in [0.25, 0.3) is 0 Å². The van der Waals surface area contributed by atoms with Gasteiger partial charge >= 0.3 is 0 Å². The normalized spacial score (nSPS) is 29.4. The number of nitrogens with zero attached hydrogens (tertiary/aromatic N) is 4. The predicted molar refractivity (Wildman–Crippen MR) is 71.2 cm³/mol. The van der Waals surface area contributed by atoms with E-state index in [-0.39, 0.29) is 5.60 Å². The fraction of sp³-hybridized carbons (Fsp3) is 0.692. The van der Waals surface area contributed by atoms with Gasteiger partial charge in [-0.3, -0.25) is 0 Å². The van der Waals surface area contributed by atoms with Gasteiger partial charge in [-0.25, -0.2) is 9.97 Å². The van der Waals surface area contributed by atoms with E-state index in [4.69, 9.17) is 9.47 Å². The average molecular weight is 264 g/mol. The lowest BCUT2D eigenvalue weighted by Crippen LogP contribution is -2.58. The molecule has 0 radical (unpaired) electrons. The number of morpholine rings is 1. The summed E-state index contributed by atoms with van der Waals surface area (Å²) in [5.41, 5.74) is -0.261. The van der Waals surface area contributed by atoms with Crippen molar-refractivity contribution in [1.82, 2.24) is 14.9 Å². The van der Waals surface area contributed by atoms with Crippen molar-refractivity contribution in [3.63, 3.8) is 0 Å². The minimum absolute atomic E-state index is 0.261. The van der Waals surface area contributed by atoms with Crippen molar-refractivity contribution in [1.29, 1.82) is 0 Å². The zero-order chi connectivity index (χ0) is 13.1. The largest absolute Gasteiger partial charge is 0.376 e. The summed E-state index contributed by atoms with van der Waals surface area (Å²) in [4.78, 5) is 13.1. The summed E-state index contributed by atoms with van der Waals surface area (Å²) in [5.74, 6) is 0.754. The quantitative estimate of drug-likeness (QED) is 0.712. The first-order valence-electron chi connectivity index (χ1n) is 6.70. The SMILES string of the molecule is CN1CCO[C@]2(COCCN(c3ncccn3)C2)C1. The Bertz CT molecular complexity index is 416. The highest BCUT2D eigenvalue weighted by Crippen LogP contribution is 2.23. The van der Waals surface area contributed by atoms with Crippen molar-refractivity contribution in [3.05, 3.63) is 18.5 Å². The summed E-state index contributed by atoms with van der Waals surface area (Å²) in [7, 11) is 2.12. The molecular formula is C13H20N4O2. The summed E-state index contributed by atoms with van der Waals surface area (Å²) in [6, 6.07) is 1.83. The molecule has 0 aromatic carbocycles. The van der Waals surface area contributed by atoms with Gasteiger partial charge in [-0.1, -0.05) is 0 Å². The summed E-state index contributed by atoms with van der Waals surface area (Å²) < 4.78 is 11.8. The molecular weight excluding hydrogens is 244 g/mol. The zero-order valence-electron chi connectivity index (χ0n) is 11.3. The minimum Gasteiger partial charge on any atom is -0.376 e. The van der Waals surface area contributed by atoms with Crippen LogP contribution in [0.1, 0.15) is 0 Å². The molecule has 0 N–H and O–H groups in total. The Morgan fingerprint density at radius 1 is 1.16 bits per heavy atom. The standard InChI is InChI=1S/C13H20N4O2/c1-16-5-8-19-13(9-16)10-17(6-7-18-11-13)12-14-3-2-4-15-12/h2-4H,5-11H2,1H3/t13-/m1/s1. The van der Waals surface area contributed by atoms with Gasteiger partial charge in [-0.15, -0.1) is 0 Å². The van der Waals surface area contributed by atoms with Crippen LogP contribution in [0, 0.1) is 0 Å². The number of likely N-dealkylation sites (N-methyl/N-ethyl adjacent to an activating group) is 1. The van der Waals surface area contributed by atoms with Gasteiger partial charge in [-0.05, 0) is 13.1 Å². The average Bonchev–Trinajstić information content (AvgIpc) is 2.62. The van der Waals surface area contributed by atoms with Gasteiger partial charge in [0.15, 0.2) is 0 Å². The van der Waals surface area contributed by atoms with Crippen molar-refractivity contribution in [2.24, 2.45) is 0 Å². The molecule has 0 amide bonds. The third kappa shape index (κ3) is 2.86. The molecule has 3 rings (SSSR count). The van der Waals surface area contributed by atoms with Crippen molar-refractivity contribution >= 4 is 5.95 Å².